The topological polar surface area (TPSA) is 73.9 Å². The van der Waals surface area contributed by atoms with E-state index in [1.54, 1.807) is 7.11 Å². The minimum Gasteiger partial charge on any atom is -0.497 e. The Morgan fingerprint density at radius 3 is 2.20 bits per heavy atom. The lowest BCUT2D eigenvalue weighted by atomic mass is 10.0. The van der Waals surface area contributed by atoms with Crippen LogP contribution in [0.25, 0.3) is 0 Å². The zero-order valence-electron chi connectivity index (χ0n) is 17.6. The van der Waals surface area contributed by atoms with Gasteiger partial charge in [0.2, 0.25) is 0 Å². The molecule has 2 aromatic carbocycles. The fourth-order valence-corrected chi connectivity index (χ4v) is 3.55. The minimum absolute atomic E-state index is 0.00419. The third-order valence-corrected chi connectivity index (χ3v) is 5.44. The van der Waals surface area contributed by atoms with E-state index >= 15 is 0 Å². The Morgan fingerprint density at radius 1 is 0.933 bits per heavy atom. The number of rotatable bonds is 7. The van der Waals surface area contributed by atoms with Crippen LogP contribution in [0.1, 0.15) is 17.2 Å². The maximum atomic E-state index is 12.4. The second kappa shape index (κ2) is 10.8. The van der Waals surface area contributed by atoms with E-state index in [9.17, 15) is 9.59 Å². The van der Waals surface area contributed by atoms with Crippen LogP contribution in [0.4, 0.5) is 0 Å². The number of nitrogens with zero attached hydrogens (tertiary/aromatic N) is 2. The van der Waals surface area contributed by atoms with Gasteiger partial charge in [-0.1, -0.05) is 42.5 Å². The van der Waals surface area contributed by atoms with Crippen molar-refractivity contribution in [1.29, 1.82) is 0 Å². The lowest BCUT2D eigenvalue weighted by Crippen LogP contribution is -2.49. The van der Waals surface area contributed by atoms with Gasteiger partial charge in [0, 0.05) is 39.3 Å². The molecule has 0 spiro atoms. The highest BCUT2D eigenvalue weighted by Gasteiger charge is 2.25. The summed E-state index contributed by atoms with van der Waals surface area (Å²) in [5.41, 5.74) is 2.04. The zero-order valence-corrected chi connectivity index (χ0v) is 17.6. The maximum Gasteiger partial charge on any atom is 0.309 e. The Kier molecular flexibility index (Phi) is 7.82. The van der Waals surface area contributed by atoms with Crippen molar-refractivity contribution in [3.8, 4) is 5.75 Å². The highest BCUT2D eigenvalue weighted by Crippen LogP contribution is 2.23. The van der Waals surface area contributed by atoms with Gasteiger partial charge in [0.15, 0.2) is 0 Å². The van der Waals surface area contributed by atoms with Crippen molar-refractivity contribution in [3.63, 3.8) is 0 Å². The average molecular weight is 411 g/mol. The Balaban J connectivity index is 1.60. The lowest BCUT2D eigenvalue weighted by molar-refractivity contribution is -0.139. The van der Waals surface area contributed by atoms with E-state index in [1.807, 2.05) is 54.6 Å². The molecule has 0 saturated carbocycles. The van der Waals surface area contributed by atoms with E-state index < -0.39 is 11.8 Å². The van der Waals surface area contributed by atoms with Crippen LogP contribution in [-0.4, -0.2) is 68.5 Å². The Labute approximate surface area is 178 Å². The van der Waals surface area contributed by atoms with Gasteiger partial charge in [-0.25, -0.2) is 0 Å². The molecule has 30 heavy (non-hydrogen) atoms. The van der Waals surface area contributed by atoms with Crippen molar-refractivity contribution in [2.24, 2.45) is 0 Å². The van der Waals surface area contributed by atoms with Gasteiger partial charge in [0.1, 0.15) is 5.75 Å². The molecule has 1 fully saturated rings. The number of ether oxygens (including phenoxy) is 1. The summed E-state index contributed by atoms with van der Waals surface area (Å²) in [5.74, 6) is -0.440. The van der Waals surface area contributed by atoms with Crippen molar-refractivity contribution >= 4 is 11.8 Å². The molecule has 160 valence electrons. The van der Waals surface area contributed by atoms with Gasteiger partial charge in [-0.2, -0.15) is 0 Å². The number of carbonyl (C=O) groups excluding carboxylic acids is 2. The molecular formula is C23H30N4O3. The number of hydrogen-bond acceptors (Lipinski definition) is 5. The van der Waals surface area contributed by atoms with Gasteiger partial charge in [-0.3, -0.25) is 14.5 Å². The number of piperazine rings is 1. The van der Waals surface area contributed by atoms with Gasteiger partial charge in [0.25, 0.3) is 0 Å². The molecular weight excluding hydrogens is 380 g/mol. The van der Waals surface area contributed by atoms with Gasteiger partial charge < -0.3 is 20.3 Å². The summed E-state index contributed by atoms with van der Waals surface area (Å²) >= 11 is 0. The predicted octanol–water partition coefficient (Wildman–Crippen LogP) is 1.42. The molecule has 0 aliphatic carbocycles. The van der Waals surface area contributed by atoms with Crippen LogP contribution in [0.2, 0.25) is 0 Å². The van der Waals surface area contributed by atoms with Crippen LogP contribution in [0, 0.1) is 0 Å². The number of carbonyl (C=O) groups is 2. The number of nitrogens with one attached hydrogen (secondary N) is 2. The molecule has 0 radical (unpaired) electrons. The predicted molar refractivity (Wildman–Crippen MR) is 116 cm³/mol. The molecule has 0 unspecified atom stereocenters. The zero-order chi connectivity index (χ0) is 21.3. The van der Waals surface area contributed by atoms with E-state index in [-0.39, 0.29) is 6.04 Å². The molecule has 7 heteroatoms. The Morgan fingerprint density at radius 2 is 1.57 bits per heavy atom. The van der Waals surface area contributed by atoms with E-state index in [0.29, 0.717) is 13.1 Å². The summed E-state index contributed by atoms with van der Waals surface area (Å²) in [4.78, 5) is 29.2. The van der Waals surface area contributed by atoms with Crippen LogP contribution >= 0.6 is 0 Å². The quantitative estimate of drug-likeness (QED) is 0.676. The number of benzene rings is 2. The SMILES string of the molecule is COc1ccc([C@H](CNC(=O)C(=O)NCc2ccccc2)N2CCN(C)CC2)cc1. The van der Waals surface area contributed by atoms with Gasteiger partial charge in [0.05, 0.1) is 13.2 Å². The third-order valence-electron chi connectivity index (χ3n) is 5.44. The van der Waals surface area contributed by atoms with Crippen LogP contribution in [0.5, 0.6) is 5.75 Å². The molecule has 0 aromatic heterocycles. The molecule has 2 N–H and O–H groups in total. The first-order chi connectivity index (χ1) is 14.6. The molecule has 7 nitrogen and oxygen atoms in total. The van der Waals surface area contributed by atoms with Crippen molar-refractivity contribution < 1.29 is 14.3 Å². The molecule has 1 heterocycles. The fraction of sp³-hybridized carbons (Fsp3) is 0.391. The van der Waals surface area contributed by atoms with Crippen molar-refractivity contribution in [3.05, 3.63) is 65.7 Å². The number of likely N-dealkylation sites (N-methyl/N-ethyl adjacent to an activating group) is 1. The normalized spacial score (nSPS) is 15.9. The van der Waals surface area contributed by atoms with Crippen molar-refractivity contribution in [2.45, 2.75) is 12.6 Å². The summed E-state index contributed by atoms with van der Waals surface area (Å²) in [7, 11) is 3.75. The standard InChI is InChI=1S/C23H30N4O3/c1-26-12-14-27(15-13-26)21(19-8-10-20(30-2)11-9-19)17-25-23(29)22(28)24-16-18-6-4-3-5-7-18/h3-11,21H,12-17H2,1-2H3,(H,24,28)(H,25,29)/t21-/m0/s1. The first kappa shape index (κ1) is 21.8. The van der Waals surface area contributed by atoms with Crippen LogP contribution in [0.15, 0.2) is 54.6 Å². The lowest BCUT2D eigenvalue weighted by Gasteiger charge is -2.38. The molecule has 1 saturated heterocycles. The third kappa shape index (κ3) is 6.05. The summed E-state index contributed by atoms with van der Waals surface area (Å²) in [6, 6.07) is 17.4. The first-order valence-corrected chi connectivity index (χ1v) is 10.2. The van der Waals surface area contributed by atoms with Gasteiger partial charge in [-0.15, -0.1) is 0 Å². The number of methoxy groups -OCH3 is 1. The van der Waals surface area contributed by atoms with Crippen molar-refractivity contribution in [1.82, 2.24) is 20.4 Å². The second-order valence-electron chi connectivity index (χ2n) is 7.51. The highest BCUT2D eigenvalue weighted by molar-refractivity contribution is 6.35. The van der Waals surface area contributed by atoms with E-state index in [2.05, 4.69) is 27.5 Å². The van der Waals surface area contributed by atoms with E-state index in [1.165, 1.54) is 0 Å². The summed E-state index contributed by atoms with van der Waals surface area (Å²) in [6.07, 6.45) is 0. The highest BCUT2D eigenvalue weighted by atomic mass is 16.5. The monoisotopic (exact) mass is 410 g/mol. The minimum atomic E-state index is -0.620. The molecule has 1 aliphatic heterocycles. The van der Waals surface area contributed by atoms with Crippen LogP contribution < -0.4 is 15.4 Å². The smallest absolute Gasteiger partial charge is 0.309 e. The van der Waals surface area contributed by atoms with Crippen LogP contribution in [-0.2, 0) is 16.1 Å². The number of amides is 2. The molecule has 1 aliphatic rings. The Bertz CT molecular complexity index is 818. The first-order valence-electron chi connectivity index (χ1n) is 10.2. The summed E-state index contributed by atoms with van der Waals surface area (Å²) in [5, 5.41) is 5.49. The molecule has 3 rings (SSSR count). The molecule has 2 aromatic rings. The van der Waals surface area contributed by atoms with E-state index in [4.69, 9.17) is 4.74 Å². The van der Waals surface area contributed by atoms with Crippen molar-refractivity contribution in [2.75, 3.05) is 46.9 Å². The summed E-state index contributed by atoms with van der Waals surface area (Å²) < 4.78 is 5.26. The second-order valence-corrected chi connectivity index (χ2v) is 7.51. The van der Waals surface area contributed by atoms with E-state index in [0.717, 1.165) is 43.1 Å². The summed E-state index contributed by atoms with van der Waals surface area (Å²) in [6.45, 7) is 4.45. The maximum absolute atomic E-state index is 12.4. The largest absolute Gasteiger partial charge is 0.497 e. The fourth-order valence-electron chi connectivity index (χ4n) is 3.55. The van der Waals surface area contributed by atoms with Gasteiger partial charge >= 0.3 is 11.8 Å². The molecule has 2 amide bonds. The van der Waals surface area contributed by atoms with Gasteiger partial charge in [-0.05, 0) is 30.3 Å². The molecule has 1 atom stereocenters. The van der Waals surface area contributed by atoms with Crippen LogP contribution in [0.3, 0.4) is 0 Å². The number of hydrogen-bond donors (Lipinski definition) is 2. The molecule has 0 bridgehead atoms. The Hall–Kier alpha value is -2.90. The average Bonchev–Trinajstić information content (AvgIpc) is 2.79.